The number of anilines is 1. The highest BCUT2D eigenvalue weighted by atomic mass is 32.1. The molecule has 6 heteroatoms. The number of rotatable bonds is 3. The maximum Gasteiger partial charge on any atom is 0.321 e. The molecule has 0 aliphatic heterocycles. The molecule has 0 radical (unpaired) electrons. The highest BCUT2D eigenvalue weighted by Gasteiger charge is 2.61. The lowest BCUT2D eigenvalue weighted by atomic mass is 9.69. The minimum atomic E-state index is -0.131. The Hall–Kier alpha value is -1.17. The molecular weight excluding hydrogens is 296 g/mol. The van der Waals surface area contributed by atoms with Crippen molar-refractivity contribution in [2.75, 3.05) is 5.32 Å². The maximum absolute atomic E-state index is 12.3. The van der Waals surface area contributed by atoms with E-state index in [9.17, 15) is 4.79 Å². The number of urea groups is 1. The van der Waals surface area contributed by atoms with Gasteiger partial charge in [0.25, 0.3) is 0 Å². The van der Waals surface area contributed by atoms with Gasteiger partial charge in [-0.2, -0.15) is 0 Å². The van der Waals surface area contributed by atoms with Gasteiger partial charge in [0.2, 0.25) is 5.13 Å². The molecule has 0 aromatic carbocycles. The molecule has 1 aromatic heterocycles. The van der Waals surface area contributed by atoms with Crippen molar-refractivity contribution in [2.45, 2.75) is 64.8 Å². The fraction of sp³-hybridized carbons (Fsp3) is 0.812. The second-order valence-corrected chi connectivity index (χ2v) is 8.99. The molecule has 3 aliphatic carbocycles. The maximum atomic E-state index is 12.3. The molecule has 2 bridgehead atoms. The van der Waals surface area contributed by atoms with E-state index in [1.807, 2.05) is 0 Å². The van der Waals surface area contributed by atoms with E-state index < -0.39 is 0 Å². The Morgan fingerprint density at radius 2 is 2.00 bits per heavy atom. The first kappa shape index (κ1) is 14.4. The van der Waals surface area contributed by atoms with Crippen LogP contribution in [0, 0.1) is 16.7 Å². The summed E-state index contributed by atoms with van der Waals surface area (Å²) >= 11 is 1.51. The third-order valence-corrected chi connectivity index (χ3v) is 7.69. The lowest BCUT2D eigenvalue weighted by Crippen LogP contribution is -2.48. The Balaban J connectivity index is 1.40. The SMILES string of the molecule is CC1(C)[C@H]2CC[C@@]1(C)[C@H](NC(=O)Nc1nnc(C3CC3)s1)C2. The molecule has 22 heavy (non-hydrogen) atoms. The zero-order valence-corrected chi connectivity index (χ0v) is 14.3. The minimum Gasteiger partial charge on any atom is -0.334 e. The highest BCUT2D eigenvalue weighted by molar-refractivity contribution is 7.15. The molecular formula is C16H24N4OS. The van der Waals surface area contributed by atoms with E-state index in [2.05, 4.69) is 41.6 Å². The van der Waals surface area contributed by atoms with Crippen LogP contribution in [0.2, 0.25) is 0 Å². The van der Waals surface area contributed by atoms with Crippen LogP contribution >= 0.6 is 11.3 Å². The highest BCUT2D eigenvalue weighted by Crippen LogP contribution is 2.65. The van der Waals surface area contributed by atoms with Crippen LogP contribution in [0.5, 0.6) is 0 Å². The van der Waals surface area contributed by atoms with Crippen LogP contribution in [0.25, 0.3) is 0 Å². The van der Waals surface area contributed by atoms with Gasteiger partial charge in [-0.05, 0) is 48.9 Å². The van der Waals surface area contributed by atoms with Gasteiger partial charge in [0.05, 0.1) is 0 Å². The molecule has 120 valence electrons. The number of amides is 2. The fourth-order valence-corrected chi connectivity index (χ4v) is 5.40. The molecule has 1 heterocycles. The van der Waals surface area contributed by atoms with Crippen LogP contribution in [-0.4, -0.2) is 22.3 Å². The zero-order chi connectivity index (χ0) is 15.5. The first-order valence-corrected chi connectivity index (χ1v) is 9.13. The third kappa shape index (κ3) is 2.07. The number of carbonyl (C=O) groups is 1. The minimum absolute atomic E-state index is 0.131. The first-order chi connectivity index (χ1) is 10.4. The molecule has 3 saturated carbocycles. The van der Waals surface area contributed by atoms with Crippen molar-refractivity contribution in [2.24, 2.45) is 16.7 Å². The Kier molecular flexibility index (Phi) is 3.06. The predicted octanol–water partition coefficient (Wildman–Crippen LogP) is 3.75. The largest absolute Gasteiger partial charge is 0.334 e. The zero-order valence-electron chi connectivity index (χ0n) is 13.5. The Morgan fingerprint density at radius 3 is 2.59 bits per heavy atom. The van der Waals surface area contributed by atoms with E-state index in [0.29, 0.717) is 16.5 Å². The van der Waals surface area contributed by atoms with E-state index in [1.165, 1.54) is 37.0 Å². The number of nitrogens with one attached hydrogen (secondary N) is 2. The molecule has 1 aromatic rings. The number of carbonyl (C=O) groups excluding carboxylic acids is 1. The summed E-state index contributed by atoms with van der Waals surface area (Å²) in [4.78, 5) is 12.3. The first-order valence-electron chi connectivity index (χ1n) is 8.31. The predicted molar refractivity (Wildman–Crippen MR) is 87.1 cm³/mol. The average molecular weight is 320 g/mol. The third-order valence-electron chi connectivity index (χ3n) is 6.69. The molecule has 4 rings (SSSR count). The van der Waals surface area contributed by atoms with Gasteiger partial charge in [-0.15, -0.1) is 10.2 Å². The number of aromatic nitrogens is 2. The summed E-state index contributed by atoms with van der Waals surface area (Å²) in [6, 6.07) is 0.130. The Labute approximate surface area is 135 Å². The van der Waals surface area contributed by atoms with Crippen LogP contribution in [0.15, 0.2) is 0 Å². The molecule has 0 unspecified atom stereocenters. The van der Waals surface area contributed by atoms with Crippen molar-refractivity contribution in [1.29, 1.82) is 0 Å². The number of nitrogens with zero attached hydrogens (tertiary/aromatic N) is 2. The van der Waals surface area contributed by atoms with Gasteiger partial charge in [0.15, 0.2) is 0 Å². The van der Waals surface area contributed by atoms with Crippen LogP contribution < -0.4 is 10.6 Å². The van der Waals surface area contributed by atoms with Gasteiger partial charge in [-0.1, -0.05) is 32.1 Å². The summed E-state index contributed by atoms with van der Waals surface area (Å²) in [5, 5.41) is 16.0. The van der Waals surface area contributed by atoms with Crippen LogP contribution in [0.3, 0.4) is 0 Å². The monoisotopic (exact) mass is 320 g/mol. The summed E-state index contributed by atoms with van der Waals surface area (Å²) in [5.74, 6) is 1.31. The molecule has 2 N–H and O–H groups in total. The van der Waals surface area contributed by atoms with Crippen LogP contribution in [0.4, 0.5) is 9.93 Å². The van der Waals surface area contributed by atoms with Crippen molar-refractivity contribution in [3.05, 3.63) is 5.01 Å². The van der Waals surface area contributed by atoms with E-state index >= 15 is 0 Å². The van der Waals surface area contributed by atoms with E-state index in [0.717, 1.165) is 17.3 Å². The normalized spacial score (nSPS) is 35.6. The second kappa shape index (κ2) is 4.66. The lowest BCUT2D eigenvalue weighted by Gasteiger charge is -2.39. The molecule has 3 fully saturated rings. The number of hydrogen-bond donors (Lipinski definition) is 2. The molecule has 3 atom stereocenters. The standard InChI is InChI=1S/C16H24N4OS/c1-15(2)10-6-7-16(15,3)11(8-10)17-13(21)18-14-20-19-12(22-14)9-4-5-9/h9-11H,4-8H2,1-3H3,(H2,17,18,20,21)/t10-,11+,16-/m0/s1. The summed E-state index contributed by atoms with van der Waals surface area (Å²) in [6.07, 6.45) is 6.01. The summed E-state index contributed by atoms with van der Waals surface area (Å²) in [5.41, 5.74) is 0.516. The van der Waals surface area contributed by atoms with Gasteiger partial charge in [0.1, 0.15) is 5.01 Å². The number of fused-ring (bicyclic) bond motifs is 2. The van der Waals surface area contributed by atoms with Gasteiger partial charge in [-0.25, -0.2) is 4.79 Å². The summed E-state index contributed by atoms with van der Waals surface area (Å²) in [6.45, 7) is 7.05. The van der Waals surface area contributed by atoms with Crippen LogP contribution in [0.1, 0.15) is 63.8 Å². The summed E-state index contributed by atoms with van der Waals surface area (Å²) < 4.78 is 0. The molecule has 5 nitrogen and oxygen atoms in total. The van der Waals surface area contributed by atoms with Gasteiger partial charge in [-0.3, -0.25) is 5.32 Å². The van der Waals surface area contributed by atoms with Gasteiger partial charge in [0, 0.05) is 12.0 Å². The van der Waals surface area contributed by atoms with E-state index in [4.69, 9.17) is 0 Å². The average Bonchev–Trinajstić information content (AvgIpc) is 3.13. The smallest absolute Gasteiger partial charge is 0.321 e. The Morgan fingerprint density at radius 1 is 1.23 bits per heavy atom. The lowest BCUT2D eigenvalue weighted by molar-refractivity contribution is 0.125. The van der Waals surface area contributed by atoms with Crippen molar-refractivity contribution in [1.82, 2.24) is 15.5 Å². The van der Waals surface area contributed by atoms with E-state index in [1.54, 1.807) is 0 Å². The van der Waals surface area contributed by atoms with Gasteiger partial charge < -0.3 is 5.32 Å². The Bertz CT molecular complexity index is 609. The van der Waals surface area contributed by atoms with Crippen LogP contribution in [-0.2, 0) is 0 Å². The number of hydrogen-bond acceptors (Lipinski definition) is 4. The molecule has 2 amide bonds. The van der Waals surface area contributed by atoms with Gasteiger partial charge >= 0.3 is 6.03 Å². The summed E-state index contributed by atoms with van der Waals surface area (Å²) in [7, 11) is 0. The second-order valence-electron chi connectivity index (χ2n) is 7.98. The fourth-order valence-electron chi connectivity index (χ4n) is 4.49. The van der Waals surface area contributed by atoms with Crippen molar-refractivity contribution in [3.8, 4) is 0 Å². The quantitative estimate of drug-likeness (QED) is 0.891. The van der Waals surface area contributed by atoms with Crippen molar-refractivity contribution >= 4 is 22.5 Å². The topological polar surface area (TPSA) is 66.9 Å². The molecule has 3 aliphatic rings. The van der Waals surface area contributed by atoms with E-state index in [-0.39, 0.29) is 17.5 Å². The van der Waals surface area contributed by atoms with Crippen molar-refractivity contribution < 1.29 is 4.79 Å². The molecule has 0 saturated heterocycles. The molecule has 0 spiro atoms. The van der Waals surface area contributed by atoms with Crippen molar-refractivity contribution in [3.63, 3.8) is 0 Å².